The predicted octanol–water partition coefficient (Wildman–Crippen LogP) is 3.79. The van der Waals surface area contributed by atoms with Gasteiger partial charge < -0.3 is 4.90 Å². The average molecular weight is 434 g/mol. The molecule has 0 unspecified atom stereocenters. The van der Waals surface area contributed by atoms with Crippen LogP contribution >= 0.6 is 34.8 Å². The largest absolute Gasteiger partial charge is 0.336 e. The minimum absolute atomic E-state index is 0.184. The van der Waals surface area contributed by atoms with E-state index in [9.17, 15) is 13.2 Å². The van der Waals surface area contributed by atoms with E-state index >= 15 is 0 Å². The fraction of sp³-hybridized carbons (Fsp3) is 0.235. The fourth-order valence-electron chi connectivity index (χ4n) is 2.75. The summed E-state index contributed by atoms with van der Waals surface area (Å²) in [6.07, 6.45) is 0. The Labute approximate surface area is 167 Å². The zero-order chi connectivity index (χ0) is 18.9. The third-order valence-electron chi connectivity index (χ3n) is 4.09. The van der Waals surface area contributed by atoms with Crippen LogP contribution in [0.4, 0.5) is 0 Å². The van der Waals surface area contributed by atoms with Crippen LogP contribution in [0, 0.1) is 0 Å². The van der Waals surface area contributed by atoms with Crippen LogP contribution in [-0.4, -0.2) is 49.7 Å². The van der Waals surface area contributed by atoms with Gasteiger partial charge in [-0.3, -0.25) is 4.79 Å². The molecule has 1 fully saturated rings. The van der Waals surface area contributed by atoms with Crippen LogP contribution in [0.1, 0.15) is 10.4 Å². The lowest BCUT2D eigenvalue weighted by atomic mass is 10.2. The first-order chi connectivity index (χ1) is 12.3. The summed E-state index contributed by atoms with van der Waals surface area (Å²) in [4.78, 5) is 14.4. The standard InChI is InChI=1S/C17H15Cl3N2O3S/c18-13-1-3-16(4-2-13)26(24,25)22-7-5-21(6-8-22)17(23)12-9-14(19)11-15(20)10-12/h1-4,9-11H,5-8H2. The molecule has 0 radical (unpaired) electrons. The maximum Gasteiger partial charge on any atom is 0.254 e. The maximum absolute atomic E-state index is 12.7. The Hall–Kier alpha value is -1.31. The second kappa shape index (κ2) is 7.74. The van der Waals surface area contributed by atoms with Gasteiger partial charge in [-0.15, -0.1) is 0 Å². The summed E-state index contributed by atoms with van der Waals surface area (Å²) in [6, 6.07) is 10.7. The van der Waals surface area contributed by atoms with Gasteiger partial charge >= 0.3 is 0 Å². The van der Waals surface area contributed by atoms with Crippen molar-refractivity contribution in [2.24, 2.45) is 0 Å². The first-order valence-electron chi connectivity index (χ1n) is 7.78. The molecule has 2 aromatic carbocycles. The number of halogens is 3. The van der Waals surface area contributed by atoms with Crippen LogP contribution in [0.5, 0.6) is 0 Å². The van der Waals surface area contributed by atoms with Crippen LogP contribution in [0.2, 0.25) is 15.1 Å². The van der Waals surface area contributed by atoms with Crippen molar-refractivity contribution in [3.63, 3.8) is 0 Å². The summed E-state index contributed by atoms with van der Waals surface area (Å²) in [7, 11) is -3.61. The lowest BCUT2D eigenvalue weighted by Crippen LogP contribution is -2.50. The molecule has 1 aliphatic heterocycles. The van der Waals surface area contributed by atoms with Crippen molar-refractivity contribution >= 4 is 50.7 Å². The number of carbonyl (C=O) groups excluding carboxylic acids is 1. The molecule has 1 heterocycles. The zero-order valence-corrected chi connectivity index (χ0v) is 16.6. The summed E-state index contributed by atoms with van der Waals surface area (Å²) in [5, 5.41) is 1.23. The topological polar surface area (TPSA) is 57.7 Å². The minimum Gasteiger partial charge on any atom is -0.336 e. The summed E-state index contributed by atoms with van der Waals surface area (Å²) in [6.45, 7) is 1.00. The molecular weight excluding hydrogens is 419 g/mol. The molecule has 0 saturated carbocycles. The number of hydrogen-bond donors (Lipinski definition) is 0. The molecule has 138 valence electrons. The first kappa shape index (κ1) is 19.5. The van der Waals surface area contributed by atoms with Crippen LogP contribution in [0.25, 0.3) is 0 Å². The quantitative estimate of drug-likeness (QED) is 0.740. The van der Waals surface area contributed by atoms with Crippen molar-refractivity contribution in [2.45, 2.75) is 4.90 Å². The third kappa shape index (κ3) is 4.15. The normalized spacial score (nSPS) is 15.9. The molecule has 0 bridgehead atoms. The molecule has 0 atom stereocenters. The molecule has 0 aliphatic carbocycles. The van der Waals surface area contributed by atoms with E-state index in [1.54, 1.807) is 23.1 Å². The Morgan fingerprint density at radius 2 is 1.35 bits per heavy atom. The number of benzene rings is 2. The molecular formula is C17H15Cl3N2O3S. The van der Waals surface area contributed by atoms with Crippen molar-refractivity contribution in [2.75, 3.05) is 26.2 Å². The summed E-state index contributed by atoms with van der Waals surface area (Å²) in [5.74, 6) is -0.224. The number of carbonyl (C=O) groups is 1. The van der Waals surface area contributed by atoms with Crippen LogP contribution in [0.3, 0.4) is 0 Å². The Balaban J connectivity index is 1.70. The highest BCUT2D eigenvalue weighted by atomic mass is 35.5. The maximum atomic E-state index is 12.7. The SMILES string of the molecule is O=C(c1cc(Cl)cc(Cl)c1)N1CCN(S(=O)(=O)c2ccc(Cl)cc2)CC1. The first-order valence-corrected chi connectivity index (χ1v) is 10.4. The van der Waals surface area contributed by atoms with E-state index < -0.39 is 10.0 Å². The lowest BCUT2D eigenvalue weighted by Gasteiger charge is -2.34. The van der Waals surface area contributed by atoms with Gasteiger partial charge in [0, 0.05) is 46.8 Å². The molecule has 0 spiro atoms. The highest BCUT2D eigenvalue weighted by Gasteiger charge is 2.30. The lowest BCUT2D eigenvalue weighted by molar-refractivity contribution is 0.0698. The number of piperazine rings is 1. The number of sulfonamides is 1. The van der Waals surface area contributed by atoms with Crippen LogP contribution in [0.15, 0.2) is 47.4 Å². The molecule has 1 aliphatic rings. The second-order valence-corrected chi connectivity index (χ2v) is 9.06. The third-order valence-corrected chi connectivity index (χ3v) is 6.69. The molecule has 2 aromatic rings. The van der Waals surface area contributed by atoms with Crippen molar-refractivity contribution < 1.29 is 13.2 Å². The second-order valence-electron chi connectivity index (χ2n) is 5.81. The van der Waals surface area contributed by atoms with Crippen molar-refractivity contribution in [1.29, 1.82) is 0 Å². The van der Waals surface area contributed by atoms with Gasteiger partial charge in [0.25, 0.3) is 5.91 Å². The highest BCUT2D eigenvalue weighted by molar-refractivity contribution is 7.89. The molecule has 3 rings (SSSR count). The molecule has 5 nitrogen and oxygen atoms in total. The van der Waals surface area contributed by atoms with Gasteiger partial charge in [0.1, 0.15) is 0 Å². The predicted molar refractivity (Wildman–Crippen MR) is 103 cm³/mol. The van der Waals surface area contributed by atoms with Crippen LogP contribution < -0.4 is 0 Å². The average Bonchev–Trinajstić information content (AvgIpc) is 2.61. The number of rotatable bonds is 3. The van der Waals surface area contributed by atoms with E-state index in [4.69, 9.17) is 34.8 Å². The molecule has 0 N–H and O–H groups in total. The van der Waals surface area contributed by atoms with Crippen molar-refractivity contribution in [1.82, 2.24) is 9.21 Å². The van der Waals surface area contributed by atoms with Crippen molar-refractivity contribution in [3.05, 3.63) is 63.1 Å². The molecule has 9 heteroatoms. The van der Waals surface area contributed by atoms with E-state index in [0.29, 0.717) is 20.6 Å². The van der Waals surface area contributed by atoms with E-state index in [0.717, 1.165) is 0 Å². The smallest absolute Gasteiger partial charge is 0.254 e. The number of hydrogen-bond acceptors (Lipinski definition) is 3. The monoisotopic (exact) mass is 432 g/mol. The molecule has 1 amide bonds. The Bertz CT molecular complexity index is 905. The van der Waals surface area contributed by atoms with Gasteiger partial charge in [0.15, 0.2) is 0 Å². The van der Waals surface area contributed by atoms with E-state index in [1.807, 2.05) is 0 Å². The van der Waals surface area contributed by atoms with Gasteiger partial charge in [-0.05, 0) is 42.5 Å². The van der Waals surface area contributed by atoms with Gasteiger partial charge in [0.2, 0.25) is 10.0 Å². The van der Waals surface area contributed by atoms with E-state index in [1.165, 1.54) is 28.6 Å². The Morgan fingerprint density at radius 1 is 0.808 bits per heavy atom. The van der Waals surface area contributed by atoms with E-state index in [2.05, 4.69) is 0 Å². The van der Waals surface area contributed by atoms with E-state index in [-0.39, 0.29) is 37.0 Å². The van der Waals surface area contributed by atoms with Crippen molar-refractivity contribution in [3.8, 4) is 0 Å². The Morgan fingerprint density at radius 3 is 1.88 bits per heavy atom. The zero-order valence-electron chi connectivity index (χ0n) is 13.5. The summed E-state index contributed by atoms with van der Waals surface area (Å²) in [5.41, 5.74) is 0.386. The van der Waals surface area contributed by atoms with Gasteiger partial charge in [-0.2, -0.15) is 4.31 Å². The van der Waals surface area contributed by atoms with Gasteiger partial charge in [-0.1, -0.05) is 34.8 Å². The molecule has 26 heavy (non-hydrogen) atoms. The van der Waals surface area contributed by atoms with Gasteiger partial charge in [0.05, 0.1) is 4.90 Å². The van der Waals surface area contributed by atoms with Gasteiger partial charge in [-0.25, -0.2) is 8.42 Å². The highest BCUT2D eigenvalue weighted by Crippen LogP contribution is 2.23. The number of amides is 1. The van der Waals surface area contributed by atoms with Crippen LogP contribution in [-0.2, 0) is 10.0 Å². The molecule has 1 saturated heterocycles. The minimum atomic E-state index is -3.61. The summed E-state index contributed by atoms with van der Waals surface area (Å²) >= 11 is 17.7. The molecule has 0 aromatic heterocycles. The summed E-state index contributed by atoms with van der Waals surface area (Å²) < 4.78 is 26.7. The fourth-order valence-corrected chi connectivity index (χ4v) is 4.82. The number of nitrogens with zero attached hydrogens (tertiary/aromatic N) is 2. The Kier molecular flexibility index (Phi) is 5.79.